The molecular weight excluding hydrogens is 424 g/mol. The second kappa shape index (κ2) is 7.21. The van der Waals surface area contributed by atoms with Gasteiger partial charge in [-0.25, -0.2) is 13.8 Å². The number of nitrogen functional groups attached to an aromatic ring is 1. The Morgan fingerprint density at radius 2 is 1.64 bits per heavy atom. The molecule has 162 valence electrons. The zero-order valence-electron chi connectivity index (χ0n) is 17.2. The van der Waals surface area contributed by atoms with Crippen LogP contribution in [0.3, 0.4) is 0 Å². The summed E-state index contributed by atoms with van der Waals surface area (Å²) in [5.74, 6) is -1.13. The summed E-state index contributed by atoms with van der Waals surface area (Å²) in [5, 5.41) is 2.81. The van der Waals surface area contributed by atoms with Crippen LogP contribution in [0.15, 0.2) is 72.9 Å². The van der Waals surface area contributed by atoms with Crippen LogP contribution in [0.2, 0.25) is 0 Å². The Labute approximate surface area is 187 Å². The molecule has 0 saturated carbocycles. The van der Waals surface area contributed by atoms with E-state index in [1.807, 2.05) is 30.3 Å². The normalized spacial score (nSPS) is 17.5. The van der Waals surface area contributed by atoms with Crippen molar-refractivity contribution in [2.45, 2.75) is 12.2 Å². The van der Waals surface area contributed by atoms with Crippen molar-refractivity contribution in [3.63, 3.8) is 0 Å². The Balaban J connectivity index is 1.32. The number of nitrogens with one attached hydrogen (secondary N) is 1. The molecule has 0 spiro atoms. The molecule has 1 aromatic heterocycles. The number of aromatic nitrogens is 1. The molecule has 0 aliphatic carbocycles. The van der Waals surface area contributed by atoms with Crippen LogP contribution >= 0.6 is 0 Å². The standard InChI is InChI=1S/C26H17F2N3O2/c27-15-3-7-17(22(28)11-15)13-1-5-18-20(9-13)25-21-10-14(2-6-19(21)24(18)33-25)26(32)31-16-4-8-23(29)30-12-16/h1-12,24-25H,(H2,29,30)(H,31,32). The van der Waals surface area contributed by atoms with Crippen LogP contribution in [-0.2, 0) is 4.74 Å². The van der Waals surface area contributed by atoms with Gasteiger partial charge in [-0.2, -0.15) is 0 Å². The highest BCUT2D eigenvalue weighted by Crippen LogP contribution is 2.54. The van der Waals surface area contributed by atoms with Gasteiger partial charge < -0.3 is 15.8 Å². The maximum atomic E-state index is 14.3. The fourth-order valence-corrected chi connectivity index (χ4v) is 4.56. The summed E-state index contributed by atoms with van der Waals surface area (Å²) in [7, 11) is 0. The summed E-state index contributed by atoms with van der Waals surface area (Å²) in [6, 6.07) is 18.0. The van der Waals surface area contributed by atoms with Crippen molar-refractivity contribution in [3.05, 3.63) is 112 Å². The van der Waals surface area contributed by atoms with Crippen molar-refractivity contribution in [1.29, 1.82) is 0 Å². The third kappa shape index (κ3) is 3.16. The van der Waals surface area contributed by atoms with Gasteiger partial charge in [-0.1, -0.05) is 18.2 Å². The highest BCUT2D eigenvalue weighted by Gasteiger charge is 2.43. The minimum atomic E-state index is -0.616. The van der Waals surface area contributed by atoms with Gasteiger partial charge in [0.25, 0.3) is 5.91 Å². The van der Waals surface area contributed by atoms with E-state index in [2.05, 4.69) is 10.3 Å². The fraction of sp³-hybridized carbons (Fsp3) is 0.0769. The molecule has 33 heavy (non-hydrogen) atoms. The lowest BCUT2D eigenvalue weighted by atomic mass is 9.83. The van der Waals surface area contributed by atoms with Gasteiger partial charge in [-0.3, -0.25) is 4.79 Å². The number of anilines is 2. The molecule has 2 bridgehead atoms. The summed E-state index contributed by atoms with van der Waals surface area (Å²) >= 11 is 0. The van der Waals surface area contributed by atoms with E-state index in [0.717, 1.165) is 28.3 Å². The molecule has 3 N–H and O–H groups in total. The molecule has 6 rings (SSSR count). The average molecular weight is 441 g/mol. The van der Waals surface area contributed by atoms with Crippen LogP contribution in [0.25, 0.3) is 11.1 Å². The average Bonchev–Trinajstić information content (AvgIpc) is 3.37. The van der Waals surface area contributed by atoms with E-state index in [1.54, 1.807) is 18.2 Å². The van der Waals surface area contributed by atoms with E-state index in [1.165, 1.54) is 18.3 Å². The van der Waals surface area contributed by atoms with E-state index in [9.17, 15) is 13.6 Å². The third-order valence-corrected chi connectivity index (χ3v) is 6.12. The van der Waals surface area contributed by atoms with Gasteiger partial charge in [0, 0.05) is 17.2 Å². The Hall–Kier alpha value is -4.10. The molecule has 2 aliphatic heterocycles. The Morgan fingerprint density at radius 3 is 2.39 bits per heavy atom. The molecule has 0 radical (unpaired) electrons. The van der Waals surface area contributed by atoms with Crippen molar-refractivity contribution in [3.8, 4) is 11.1 Å². The maximum absolute atomic E-state index is 14.3. The molecule has 2 unspecified atom stereocenters. The topological polar surface area (TPSA) is 77.2 Å². The number of nitrogens with two attached hydrogens (primary N) is 1. The number of rotatable bonds is 3. The lowest BCUT2D eigenvalue weighted by Crippen LogP contribution is -2.13. The van der Waals surface area contributed by atoms with Gasteiger partial charge in [0.15, 0.2) is 0 Å². The highest BCUT2D eigenvalue weighted by molar-refractivity contribution is 6.04. The Bertz CT molecular complexity index is 1440. The van der Waals surface area contributed by atoms with E-state index >= 15 is 0 Å². The lowest BCUT2D eigenvalue weighted by molar-refractivity contribution is 0.0857. The molecule has 7 heteroatoms. The molecule has 4 aromatic rings. The largest absolute Gasteiger partial charge is 0.384 e. The van der Waals surface area contributed by atoms with Crippen LogP contribution in [0, 0.1) is 11.6 Å². The number of hydrogen-bond acceptors (Lipinski definition) is 4. The smallest absolute Gasteiger partial charge is 0.255 e. The minimum absolute atomic E-state index is 0.231. The summed E-state index contributed by atoms with van der Waals surface area (Å²) in [6.45, 7) is 0. The molecule has 3 aromatic carbocycles. The first-order valence-electron chi connectivity index (χ1n) is 10.4. The maximum Gasteiger partial charge on any atom is 0.255 e. The number of pyridine rings is 1. The third-order valence-electron chi connectivity index (χ3n) is 6.12. The van der Waals surface area contributed by atoms with Gasteiger partial charge in [-0.15, -0.1) is 0 Å². The molecule has 0 saturated heterocycles. The minimum Gasteiger partial charge on any atom is -0.384 e. The van der Waals surface area contributed by atoms with Crippen LogP contribution in [0.5, 0.6) is 0 Å². The van der Waals surface area contributed by atoms with E-state index in [-0.39, 0.29) is 18.1 Å². The van der Waals surface area contributed by atoms with Crippen LogP contribution in [0.4, 0.5) is 20.3 Å². The number of fused-ring (bicyclic) bond motifs is 8. The van der Waals surface area contributed by atoms with E-state index < -0.39 is 11.6 Å². The fourth-order valence-electron chi connectivity index (χ4n) is 4.56. The van der Waals surface area contributed by atoms with Crippen LogP contribution in [-0.4, -0.2) is 10.9 Å². The molecule has 5 nitrogen and oxygen atoms in total. The summed E-state index contributed by atoms with van der Waals surface area (Å²) < 4.78 is 33.9. The lowest BCUT2D eigenvalue weighted by Gasteiger charge is -2.18. The monoisotopic (exact) mass is 441 g/mol. The number of carbonyl (C=O) groups excluding carboxylic acids is 1. The van der Waals surface area contributed by atoms with Gasteiger partial charge in [-0.05, 0) is 70.3 Å². The highest BCUT2D eigenvalue weighted by atomic mass is 19.1. The second-order valence-electron chi connectivity index (χ2n) is 8.13. The number of hydrogen-bond donors (Lipinski definition) is 2. The number of benzene rings is 3. The predicted molar refractivity (Wildman–Crippen MR) is 120 cm³/mol. The van der Waals surface area contributed by atoms with Gasteiger partial charge in [0.05, 0.1) is 11.9 Å². The first kappa shape index (κ1) is 19.6. The van der Waals surface area contributed by atoms with Gasteiger partial charge in [0.1, 0.15) is 29.7 Å². The Morgan fingerprint density at radius 1 is 0.879 bits per heavy atom. The van der Waals surface area contributed by atoms with Crippen molar-refractivity contribution in [2.24, 2.45) is 0 Å². The Kier molecular flexibility index (Phi) is 4.28. The SMILES string of the molecule is Nc1ccc(NC(=O)c2ccc3c(c2)C2OC3c3ccc(-c4ccc(F)cc4F)cc32)cn1. The molecule has 2 atom stereocenters. The number of nitrogens with zero attached hydrogens (tertiary/aromatic N) is 1. The second-order valence-corrected chi connectivity index (χ2v) is 8.13. The van der Waals surface area contributed by atoms with Gasteiger partial charge >= 0.3 is 0 Å². The summed E-state index contributed by atoms with van der Waals surface area (Å²) in [4.78, 5) is 16.8. The van der Waals surface area contributed by atoms with Crippen LogP contribution < -0.4 is 11.1 Å². The molecule has 3 heterocycles. The van der Waals surface area contributed by atoms with Crippen LogP contribution in [0.1, 0.15) is 44.8 Å². The van der Waals surface area contributed by atoms with Crippen molar-refractivity contribution in [1.82, 2.24) is 4.98 Å². The summed E-state index contributed by atoms with van der Waals surface area (Å²) in [6.07, 6.45) is 0.915. The number of ether oxygens (including phenoxy) is 1. The number of halogens is 2. The zero-order chi connectivity index (χ0) is 22.7. The first-order valence-corrected chi connectivity index (χ1v) is 10.4. The quantitative estimate of drug-likeness (QED) is 0.447. The van der Waals surface area contributed by atoms with E-state index in [4.69, 9.17) is 10.5 Å². The van der Waals surface area contributed by atoms with Crippen molar-refractivity contribution >= 4 is 17.4 Å². The number of amides is 1. The van der Waals surface area contributed by atoms with E-state index in [0.29, 0.717) is 28.2 Å². The zero-order valence-corrected chi connectivity index (χ0v) is 17.2. The summed E-state index contributed by atoms with van der Waals surface area (Å²) in [5.41, 5.74) is 11.5. The molecule has 1 amide bonds. The van der Waals surface area contributed by atoms with Gasteiger partial charge in [0.2, 0.25) is 0 Å². The predicted octanol–water partition coefficient (Wildman–Crippen LogP) is 5.38. The molecule has 2 aliphatic rings. The van der Waals surface area contributed by atoms with Crippen molar-refractivity contribution in [2.75, 3.05) is 11.1 Å². The van der Waals surface area contributed by atoms with Crippen molar-refractivity contribution < 1.29 is 18.3 Å². The first-order chi connectivity index (χ1) is 16.0. The number of carbonyl (C=O) groups is 1. The molecular formula is C26H17F2N3O2. The molecule has 0 fully saturated rings.